The topological polar surface area (TPSA) is 71.0 Å². The maximum absolute atomic E-state index is 12.7. The molecule has 1 heterocycles. The molecular weight excluding hydrogens is 362 g/mol. The summed E-state index contributed by atoms with van der Waals surface area (Å²) in [5, 5.41) is 3.31. The minimum Gasteiger partial charge on any atom is -0.494 e. The van der Waals surface area contributed by atoms with Gasteiger partial charge in [0.1, 0.15) is 16.7 Å². The van der Waals surface area contributed by atoms with Crippen molar-refractivity contribution in [3.05, 3.63) is 24.3 Å². The van der Waals surface area contributed by atoms with E-state index in [9.17, 15) is 9.59 Å². The monoisotopic (exact) mass is 389 g/mol. The van der Waals surface area contributed by atoms with Gasteiger partial charge in [-0.3, -0.25) is 14.5 Å². The molecule has 1 aliphatic heterocycles. The molecule has 2 fully saturated rings. The Morgan fingerprint density at radius 2 is 2.04 bits per heavy atom. The highest BCUT2D eigenvalue weighted by Gasteiger charge is 2.38. The molecule has 1 aromatic rings. The summed E-state index contributed by atoms with van der Waals surface area (Å²) in [6.07, 6.45) is 5.86. The van der Waals surface area contributed by atoms with E-state index in [-0.39, 0.29) is 24.3 Å². The molecule has 1 N–H and O–H groups in total. The Hall–Kier alpha value is -2.02. The Bertz CT molecular complexity index is 716. The Morgan fingerprint density at radius 1 is 1.30 bits per heavy atom. The number of thioether (sulfide) groups is 1. The van der Waals surface area contributed by atoms with Crippen LogP contribution < -0.4 is 10.1 Å². The lowest BCUT2D eigenvalue weighted by Crippen LogP contribution is -2.39. The summed E-state index contributed by atoms with van der Waals surface area (Å²) < 4.78 is 5.34. The normalized spacial score (nSPS) is 22.3. The third-order valence-electron chi connectivity index (χ3n) is 4.98. The third kappa shape index (κ3) is 4.83. The number of nitrogens with zero attached hydrogens (tertiary/aromatic N) is 2. The first-order valence-corrected chi connectivity index (χ1v) is 10.5. The minimum absolute atomic E-state index is 0.0395. The van der Waals surface area contributed by atoms with Crippen LogP contribution in [0.2, 0.25) is 0 Å². The molecule has 1 unspecified atom stereocenters. The van der Waals surface area contributed by atoms with Gasteiger partial charge in [0, 0.05) is 19.0 Å². The fraction of sp³-hybridized carbons (Fsp3) is 0.550. The van der Waals surface area contributed by atoms with E-state index < -0.39 is 5.25 Å². The lowest BCUT2D eigenvalue weighted by Gasteiger charge is -2.23. The standard InChI is InChI=1S/C20H27N3O3S/c1-3-23-19(25)17(13-18(24)21-14-9-5-4-6-10-14)27-20(23)22-15-11-7-8-12-16(15)26-2/h7-8,11-12,14,17H,3-6,9-10,13H2,1-2H3,(H,21,24). The first-order valence-electron chi connectivity index (χ1n) is 9.61. The van der Waals surface area contributed by atoms with Gasteiger partial charge in [0.25, 0.3) is 0 Å². The van der Waals surface area contributed by atoms with Crippen molar-refractivity contribution >= 4 is 34.4 Å². The molecular formula is C20H27N3O3S. The van der Waals surface area contributed by atoms with Gasteiger partial charge in [0.05, 0.1) is 7.11 Å². The Labute approximate surface area is 164 Å². The van der Waals surface area contributed by atoms with E-state index in [1.165, 1.54) is 31.0 Å². The van der Waals surface area contributed by atoms with Crippen molar-refractivity contribution in [2.75, 3.05) is 13.7 Å². The van der Waals surface area contributed by atoms with E-state index in [1.807, 2.05) is 31.2 Å². The molecule has 1 aliphatic carbocycles. The average Bonchev–Trinajstić information content (AvgIpc) is 2.97. The fourth-order valence-electron chi connectivity index (χ4n) is 3.54. The molecule has 2 amide bonds. The predicted molar refractivity (Wildman–Crippen MR) is 108 cm³/mol. The fourth-order valence-corrected chi connectivity index (χ4v) is 4.76. The smallest absolute Gasteiger partial charge is 0.242 e. The van der Waals surface area contributed by atoms with Crippen LogP contribution in [-0.2, 0) is 9.59 Å². The summed E-state index contributed by atoms with van der Waals surface area (Å²) in [7, 11) is 1.60. The van der Waals surface area contributed by atoms with E-state index in [4.69, 9.17) is 4.74 Å². The Balaban J connectivity index is 1.68. The molecule has 2 aliphatic rings. The number of ether oxygens (including phenoxy) is 1. The number of nitrogens with one attached hydrogen (secondary N) is 1. The number of hydrogen-bond donors (Lipinski definition) is 1. The van der Waals surface area contributed by atoms with E-state index in [2.05, 4.69) is 10.3 Å². The second kappa shape index (κ2) is 9.26. The van der Waals surface area contributed by atoms with E-state index in [0.717, 1.165) is 12.8 Å². The highest BCUT2D eigenvalue weighted by Crippen LogP contribution is 2.34. The second-order valence-electron chi connectivity index (χ2n) is 6.86. The molecule has 3 rings (SSSR count). The lowest BCUT2D eigenvalue weighted by atomic mass is 9.95. The summed E-state index contributed by atoms with van der Waals surface area (Å²) in [5.41, 5.74) is 0.682. The number of rotatable bonds is 6. The van der Waals surface area contributed by atoms with E-state index in [1.54, 1.807) is 12.0 Å². The average molecular weight is 390 g/mol. The largest absolute Gasteiger partial charge is 0.494 e. The van der Waals surface area contributed by atoms with E-state index in [0.29, 0.717) is 23.1 Å². The van der Waals surface area contributed by atoms with Crippen LogP contribution in [0.15, 0.2) is 29.3 Å². The number of carbonyl (C=O) groups is 2. The van der Waals surface area contributed by atoms with Crippen LogP contribution in [0.1, 0.15) is 45.4 Å². The van der Waals surface area contributed by atoms with Gasteiger partial charge in [-0.2, -0.15) is 0 Å². The van der Waals surface area contributed by atoms with Crippen molar-refractivity contribution in [2.45, 2.75) is 56.7 Å². The molecule has 27 heavy (non-hydrogen) atoms. The van der Waals surface area contributed by atoms with Crippen molar-refractivity contribution in [1.29, 1.82) is 0 Å². The van der Waals surface area contributed by atoms with Crippen molar-refractivity contribution in [3.8, 4) is 5.75 Å². The van der Waals surface area contributed by atoms with Crippen LogP contribution in [0.25, 0.3) is 0 Å². The summed E-state index contributed by atoms with van der Waals surface area (Å²) in [6, 6.07) is 7.72. The first kappa shape index (κ1) is 19.7. The number of amidine groups is 1. The van der Waals surface area contributed by atoms with Gasteiger partial charge < -0.3 is 10.1 Å². The van der Waals surface area contributed by atoms with E-state index >= 15 is 0 Å². The van der Waals surface area contributed by atoms with Crippen molar-refractivity contribution < 1.29 is 14.3 Å². The van der Waals surface area contributed by atoms with Crippen LogP contribution >= 0.6 is 11.8 Å². The Morgan fingerprint density at radius 3 is 2.74 bits per heavy atom. The highest BCUT2D eigenvalue weighted by atomic mass is 32.2. The van der Waals surface area contributed by atoms with Crippen molar-refractivity contribution in [3.63, 3.8) is 0 Å². The zero-order chi connectivity index (χ0) is 19.2. The van der Waals surface area contributed by atoms with Crippen molar-refractivity contribution in [2.24, 2.45) is 4.99 Å². The van der Waals surface area contributed by atoms with Crippen LogP contribution in [0.4, 0.5) is 5.69 Å². The third-order valence-corrected chi connectivity index (χ3v) is 6.15. The summed E-state index contributed by atoms with van der Waals surface area (Å²) >= 11 is 1.37. The maximum Gasteiger partial charge on any atom is 0.242 e. The van der Waals surface area contributed by atoms with Gasteiger partial charge >= 0.3 is 0 Å². The van der Waals surface area contributed by atoms with Gasteiger partial charge in [-0.25, -0.2) is 4.99 Å². The number of benzene rings is 1. The van der Waals surface area contributed by atoms with Gasteiger partial charge in [0.2, 0.25) is 11.8 Å². The van der Waals surface area contributed by atoms with Crippen LogP contribution in [0.3, 0.4) is 0 Å². The van der Waals surface area contributed by atoms with Gasteiger partial charge in [-0.1, -0.05) is 43.2 Å². The molecule has 0 spiro atoms. The number of methoxy groups -OCH3 is 1. The quantitative estimate of drug-likeness (QED) is 0.808. The SMILES string of the molecule is CCN1C(=O)C(CC(=O)NC2CCCCC2)SC1=Nc1ccccc1OC. The van der Waals surface area contributed by atoms with Crippen LogP contribution in [0.5, 0.6) is 5.75 Å². The number of carbonyl (C=O) groups excluding carboxylic acids is 2. The number of amides is 2. The lowest BCUT2D eigenvalue weighted by molar-refractivity contribution is -0.129. The predicted octanol–water partition coefficient (Wildman–Crippen LogP) is 3.49. The molecule has 146 valence electrons. The summed E-state index contributed by atoms with van der Waals surface area (Å²) in [6.45, 7) is 2.45. The summed E-state index contributed by atoms with van der Waals surface area (Å²) in [5.74, 6) is 0.574. The molecule has 0 radical (unpaired) electrons. The first-order chi connectivity index (χ1) is 13.1. The molecule has 6 nitrogen and oxygen atoms in total. The number of hydrogen-bond acceptors (Lipinski definition) is 5. The zero-order valence-corrected chi connectivity index (χ0v) is 16.8. The number of para-hydroxylation sites is 2. The molecule has 1 aromatic carbocycles. The molecule has 1 saturated heterocycles. The minimum atomic E-state index is -0.415. The molecule has 0 bridgehead atoms. The van der Waals surface area contributed by atoms with Gasteiger partial charge in [-0.15, -0.1) is 0 Å². The molecule has 1 atom stereocenters. The summed E-state index contributed by atoms with van der Waals surface area (Å²) in [4.78, 5) is 31.4. The maximum atomic E-state index is 12.7. The number of aliphatic imine (C=N–C) groups is 1. The van der Waals surface area contributed by atoms with Gasteiger partial charge in [0.15, 0.2) is 5.17 Å². The highest BCUT2D eigenvalue weighted by molar-refractivity contribution is 8.15. The molecule has 0 aromatic heterocycles. The second-order valence-corrected chi connectivity index (χ2v) is 8.03. The van der Waals surface area contributed by atoms with Crippen LogP contribution in [0, 0.1) is 0 Å². The Kier molecular flexibility index (Phi) is 6.77. The van der Waals surface area contributed by atoms with Gasteiger partial charge in [-0.05, 0) is 31.9 Å². The molecule has 7 heteroatoms. The molecule has 1 saturated carbocycles. The van der Waals surface area contributed by atoms with Crippen molar-refractivity contribution in [1.82, 2.24) is 10.2 Å². The van der Waals surface area contributed by atoms with Crippen LogP contribution in [-0.4, -0.2) is 46.8 Å². The zero-order valence-electron chi connectivity index (χ0n) is 15.9.